The van der Waals surface area contributed by atoms with Gasteiger partial charge in [0.25, 0.3) is 10.0 Å². The van der Waals surface area contributed by atoms with Gasteiger partial charge in [0.15, 0.2) is 0 Å². The Hall–Kier alpha value is -2.45. The minimum atomic E-state index is -4.03. The van der Waals surface area contributed by atoms with Gasteiger partial charge in [-0.2, -0.15) is 0 Å². The van der Waals surface area contributed by atoms with E-state index in [2.05, 4.69) is 5.32 Å². The van der Waals surface area contributed by atoms with Crippen LogP contribution in [0.4, 0.5) is 5.69 Å². The van der Waals surface area contributed by atoms with Crippen LogP contribution in [0.15, 0.2) is 77.7 Å². The molecule has 0 aromatic heterocycles. The molecule has 1 N–H and O–H groups in total. The quantitative estimate of drug-likeness (QED) is 0.407. The van der Waals surface area contributed by atoms with Crippen molar-refractivity contribution in [2.75, 3.05) is 24.0 Å². The van der Waals surface area contributed by atoms with E-state index in [0.717, 1.165) is 4.31 Å². The van der Waals surface area contributed by atoms with E-state index in [0.29, 0.717) is 10.8 Å². The normalized spacial score (nSPS) is 11.1. The first-order chi connectivity index (χ1) is 15.3. The fraction of sp³-hybridized carbons (Fsp3) is 0.136. The molecule has 0 saturated carbocycles. The number of nitrogens with one attached hydrogen (secondary N) is 1. The van der Waals surface area contributed by atoms with Crippen molar-refractivity contribution in [1.82, 2.24) is 5.32 Å². The molecule has 10 heteroatoms. The van der Waals surface area contributed by atoms with Crippen LogP contribution in [-0.2, 0) is 14.8 Å². The van der Waals surface area contributed by atoms with Crippen molar-refractivity contribution in [3.05, 3.63) is 87.9 Å². The van der Waals surface area contributed by atoms with Crippen LogP contribution in [0.1, 0.15) is 0 Å². The molecular formula is C22H19Cl3N2O4S. The highest BCUT2D eigenvalue weighted by Crippen LogP contribution is 2.30. The molecule has 0 heterocycles. The maximum absolute atomic E-state index is 13.2. The van der Waals surface area contributed by atoms with Gasteiger partial charge < -0.3 is 10.1 Å². The van der Waals surface area contributed by atoms with Crippen LogP contribution < -0.4 is 14.4 Å². The number of benzene rings is 3. The highest BCUT2D eigenvalue weighted by atomic mass is 35.5. The van der Waals surface area contributed by atoms with Crippen molar-refractivity contribution in [1.29, 1.82) is 0 Å². The summed E-state index contributed by atoms with van der Waals surface area (Å²) in [5.74, 6) is 0.100. The van der Waals surface area contributed by atoms with E-state index < -0.39 is 22.5 Å². The highest BCUT2D eigenvalue weighted by Gasteiger charge is 2.27. The summed E-state index contributed by atoms with van der Waals surface area (Å²) in [4.78, 5) is 12.6. The van der Waals surface area contributed by atoms with E-state index in [-0.39, 0.29) is 33.8 Å². The molecule has 3 aromatic rings. The van der Waals surface area contributed by atoms with E-state index in [1.165, 1.54) is 30.3 Å². The molecule has 0 fully saturated rings. The van der Waals surface area contributed by atoms with Crippen LogP contribution in [-0.4, -0.2) is 34.0 Å². The summed E-state index contributed by atoms with van der Waals surface area (Å²) in [6.07, 6.45) is 0. The van der Waals surface area contributed by atoms with E-state index in [1.807, 2.05) is 0 Å². The topological polar surface area (TPSA) is 75.7 Å². The van der Waals surface area contributed by atoms with E-state index in [4.69, 9.17) is 39.5 Å². The molecule has 3 aromatic carbocycles. The summed E-state index contributed by atoms with van der Waals surface area (Å²) in [5, 5.41) is 3.70. The van der Waals surface area contributed by atoms with Crippen molar-refractivity contribution < 1.29 is 17.9 Å². The Kier molecular flexibility index (Phi) is 8.26. The van der Waals surface area contributed by atoms with Gasteiger partial charge in [-0.15, -0.1) is 0 Å². The van der Waals surface area contributed by atoms with Crippen LogP contribution in [0.3, 0.4) is 0 Å². The van der Waals surface area contributed by atoms with Crippen LogP contribution in [0.25, 0.3) is 0 Å². The number of halogens is 3. The number of hydrogen-bond acceptors (Lipinski definition) is 4. The zero-order chi connectivity index (χ0) is 23.1. The Labute approximate surface area is 201 Å². The summed E-state index contributed by atoms with van der Waals surface area (Å²) in [7, 11) is -4.03. The van der Waals surface area contributed by atoms with Crippen molar-refractivity contribution in [3.63, 3.8) is 0 Å². The fourth-order valence-electron chi connectivity index (χ4n) is 2.75. The molecule has 0 aliphatic carbocycles. The molecule has 0 spiro atoms. The van der Waals surface area contributed by atoms with Gasteiger partial charge in [-0.25, -0.2) is 8.42 Å². The minimum absolute atomic E-state index is 0.0462. The van der Waals surface area contributed by atoms with E-state index in [9.17, 15) is 13.2 Å². The zero-order valence-electron chi connectivity index (χ0n) is 16.7. The van der Waals surface area contributed by atoms with Gasteiger partial charge in [-0.3, -0.25) is 9.10 Å². The third-order valence-electron chi connectivity index (χ3n) is 4.32. The van der Waals surface area contributed by atoms with Crippen molar-refractivity contribution >= 4 is 56.4 Å². The number of amides is 1. The number of anilines is 1. The number of carbonyl (C=O) groups is 1. The molecule has 0 unspecified atom stereocenters. The SMILES string of the molecule is O=C(CN(c1ccc(Cl)c(Cl)c1)S(=O)(=O)c1ccccc1)NCCOc1ccc(Cl)cc1. The summed E-state index contributed by atoms with van der Waals surface area (Å²) >= 11 is 17.9. The molecule has 0 radical (unpaired) electrons. The lowest BCUT2D eigenvalue weighted by molar-refractivity contribution is -0.119. The average molecular weight is 514 g/mol. The summed E-state index contributed by atoms with van der Waals surface area (Å²) in [6.45, 7) is -0.0657. The first-order valence-electron chi connectivity index (χ1n) is 9.45. The lowest BCUT2D eigenvalue weighted by Gasteiger charge is -2.24. The molecule has 0 atom stereocenters. The monoisotopic (exact) mass is 512 g/mol. The Bertz CT molecular complexity index is 1170. The summed E-state index contributed by atoms with van der Waals surface area (Å²) < 4.78 is 33.0. The molecule has 3 rings (SSSR count). The maximum atomic E-state index is 13.2. The Morgan fingerprint density at radius 1 is 0.906 bits per heavy atom. The fourth-order valence-corrected chi connectivity index (χ4v) is 4.60. The van der Waals surface area contributed by atoms with Gasteiger partial charge in [0.1, 0.15) is 18.9 Å². The zero-order valence-corrected chi connectivity index (χ0v) is 19.8. The second-order valence-electron chi connectivity index (χ2n) is 6.58. The third kappa shape index (κ3) is 6.29. The lowest BCUT2D eigenvalue weighted by Crippen LogP contribution is -2.41. The number of sulfonamides is 1. The second kappa shape index (κ2) is 10.9. The summed E-state index contributed by atoms with van der Waals surface area (Å²) in [5.41, 5.74) is 0.218. The Morgan fingerprint density at radius 2 is 1.59 bits per heavy atom. The van der Waals surface area contributed by atoms with Crippen molar-refractivity contribution in [2.45, 2.75) is 4.90 Å². The second-order valence-corrected chi connectivity index (χ2v) is 9.69. The first-order valence-corrected chi connectivity index (χ1v) is 12.0. The van der Waals surface area contributed by atoms with Crippen LogP contribution in [0.5, 0.6) is 5.75 Å². The van der Waals surface area contributed by atoms with Gasteiger partial charge in [0.2, 0.25) is 5.91 Å². The third-order valence-corrected chi connectivity index (χ3v) is 7.10. The molecule has 0 aliphatic rings. The van der Waals surface area contributed by atoms with Gasteiger partial charge in [-0.05, 0) is 54.6 Å². The lowest BCUT2D eigenvalue weighted by atomic mass is 10.3. The largest absolute Gasteiger partial charge is 0.492 e. The molecular weight excluding hydrogens is 495 g/mol. The molecule has 1 amide bonds. The molecule has 168 valence electrons. The molecule has 0 bridgehead atoms. The predicted octanol–water partition coefficient (Wildman–Crippen LogP) is 5.04. The molecule has 6 nitrogen and oxygen atoms in total. The number of carbonyl (C=O) groups excluding carboxylic acids is 1. The van der Waals surface area contributed by atoms with Gasteiger partial charge in [0.05, 0.1) is 27.2 Å². The number of hydrogen-bond donors (Lipinski definition) is 1. The highest BCUT2D eigenvalue weighted by molar-refractivity contribution is 7.92. The van der Waals surface area contributed by atoms with Crippen LogP contribution in [0, 0.1) is 0 Å². The first kappa shape index (κ1) is 24.2. The maximum Gasteiger partial charge on any atom is 0.264 e. The summed E-state index contributed by atoms with van der Waals surface area (Å²) in [6, 6.07) is 19.0. The van der Waals surface area contributed by atoms with Crippen LogP contribution >= 0.6 is 34.8 Å². The standard InChI is InChI=1S/C22H19Cl3N2O4S/c23-16-6-9-18(10-7-16)31-13-12-26-22(28)15-27(17-8-11-20(24)21(25)14-17)32(29,30)19-4-2-1-3-5-19/h1-11,14H,12-13,15H2,(H,26,28). The molecule has 32 heavy (non-hydrogen) atoms. The van der Waals surface area contributed by atoms with Gasteiger partial charge in [0, 0.05) is 5.02 Å². The van der Waals surface area contributed by atoms with Crippen LogP contribution in [0.2, 0.25) is 15.1 Å². The van der Waals surface area contributed by atoms with E-state index >= 15 is 0 Å². The van der Waals surface area contributed by atoms with Gasteiger partial charge in [-0.1, -0.05) is 53.0 Å². The average Bonchev–Trinajstić information content (AvgIpc) is 2.79. The Morgan fingerprint density at radius 3 is 2.25 bits per heavy atom. The molecule has 0 aliphatic heterocycles. The van der Waals surface area contributed by atoms with Gasteiger partial charge >= 0.3 is 0 Å². The number of nitrogens with zero attached hydrogens (tertiary/aromatic N) is 1. The van der Waals surface area contributed by atoms with Crippen molar-refractivity contribution in [3.8, 4) is 5.75 Å². The Balaban J connectivity index is 1.71. The number of rotatable bonds is 9. The minimum Gasteiger partial charge on any atom is -0.492 e. The molecule has 0 saturated heterocycles. The predicted molar refractivity (Wildman–Crippen MR) is 127 cm³/mol. The smallest absolute Gasteiger partial charge is 0.264 e. The number of ether oxygens (including phenoxy) is 1. The van der Waals surface area contributed by atoms with E-state index in [1.54, 1.807) is 42.5 Å². The van der Waals surface area contributed by atoms with Crippen molar-refractivity contribution in [2.24, 2.45) is 0 Å².